The van der Waals surface area contributed by atoms with Crippen molar-refractivity contribution in [3.8, 4) is 5.75 Å². The lowest BCUT2D eigenvalue weighted by molar-refractivity contribution is -0.114. The summed E-state index contributed by atoms with van der Waals surface area (Å²) >= 11 is 0. The predicted octanol–water partition coefficient (Wildman–Crippen LogP) is 2.07. The van der Waals surface area contributed by atoms with Gasteiger partial charge in [-0.15, -0.1) is 0 Å². The normalized spacial score (nSPS) is 22.3. The van der Waals surface area contributed by atoms with Crippen LogP contribution in [0.2, 0.25) is 0 Å². The highest BCUT2D eigenvalue weighted by Crippen LogP contribution is 2.38. The molecule has 0 aliphatic carbocycles. The van der Waals surface area contributed by atoms with E-state index in [4.69, 9.17) is 10.5 Å². The van der Waals surface area contributed by atoms with Gasteiger partial charge in [0.2, 0.25) is 0 Å². The Balaban J connectivity index is 2.06. The Kier molecular flexibility index (Phi) is 5.36. The summed E-state index contributed by atoms with van der Waals surface area (Å²) in [7, 11) is 1.98. The number of aliphatic hydroxyl groups is 1. The number of benzene rings is 1. The third kappa shape index (κ3) is 3.86. The molecule has 130 valence electrons. The summed E-state index contributed by atoms with van der Waals surface area (Å²) in [5.74, 6) is 0.818. The van der Waals surface area contributed by atoms with Crippen LogP contribution >= 0.6 is 0 Å². The smallest absolute Gasteiger partial charge is 0.120 e. The molecular weight excluding hydrogens is 290 g/mol. The molecule has 0 aromatic heterocycles. The summed E-state index contributed by atoms with van der Waals surface area (Å²) in [6.07, 6.45) is 0.431. The van der Waals surface area contributed by atoms with E-state index in [1.807, 2.05) is 56.2 Å². The van der Waals surface area contributed by atoms with Crippen LogP contribution in [-0.4, -0.2) is 53.1 Å². The molecule has 2 atom stereocenters. The summed E-state index contributed by atoms with van der Waals surface area (Å²) in [6.45, 7) is 9.60. The van der Waals surface area contributed by atoms with E-state index in [0.717, 1.165) is 18.7 Å². The van der Waals surface area contributed by atoms with Crippen molar-refractivity contribution in [3.63, 3.8) is 0 Å². The van der Waals surface area contributed by atoms with Crippen molar-refractivity contribution >= 4 is 0 Å². The molecule has 1 fully saturated rings. The third-order valence-electron chi connectivity index (χ3n) is 5.49. The molecule has 1 aliphatic rings. The molecule has 2 rings (SSSR count). The van der Waals surface area contributed by atoms with Gasteiger partial charge >= 0.3 is 0 Å². The molecule has 0 radical (unpaired) electrons. The quantitative estimate of drug-likeness (QED) is 0.840. The second kappa shape index (κ2) is 6.77. The maximum atomic E-state index is 10.9. The van der Waals surface area contributed by atoms with Gasteiger partial charge in [-0.25, -0.2) is 10.0 Å². The minimum atomic E-state index is -0.533. The number of β-amino-alcohol motifs (C(OH)–C–C–N with tert-alkyl or cyclic N) is 1. The zero-order valence-corrected chi connectivity index (χ0v) is 15.0. The molecule has 1 aliphatic heterocycles. The highest BCUT2D eigenvalue weighted by atomic mass is 16.5. The molecule has 2 unspecified atom stereocenters. The van der Waals surface area contributed by atoms with Crippen molar-refractivity contribution in [2.75, 3.05) is 20.1 Å². The molecule has 1 aromatic carbocycles. The number of hydrogen-bond donors (Lipinski definition) is 2. The van der Waals surface area contributed by atoms with E-state index in [1.165, 1.54) is 0 Å². The van der Waals surface area contributed by atoms with Crippen LogP contribution in [-0.2, 0) is 0 Å². The van der Waals surface area contributed by atoms with E-state index in [9.17, 15) is 5.11 Å². The highest BCUT2D eigenvalue weighted by Gasteiger charge is 2.46. The summed E-state index contributed by atoms with van der Waals surface area (Å²) in [5.41, 5.74) is 5.07. The first-order valence-corrected chi connectivity index (χ1v) is 8.30. The van der Waals surface area contributed by atoms with Crippen molar-refractivity contribution in [2.45, 2.75) is 52.0 Å². The second-order valence-electron chi connectivity index (χ2n) is 7.51. The first kappa shape index (κ1) is 18.2. The summed E-state index contributed by atoms with van der Waals surface area (Å²) < 4.78 is 6.18. The van der Waals surface area contributed by atoms with Crippen LogP contribution in [0.3, 0.4) is 0 Å². The lowest BCUT2D eigenvalue weighted by Crippen LogP contribution is -2.56. The Hall–Kier alpha value is -1.14. The maximum absolute atomic E-state index is 10.9. The fourth-order valence-corrected chi connectivity index (χ4v) is 2.80. The van der Waals surface area contributed by atoms with E-state index in [-0.39, 0.29) is 6.17 Å². The fourth-order valence-electron chi connectivity index (χ4n) is 2.80. The number of nitrogens with two attached hydrogens (primary N) is 1. The first-order valence-electron chi connectivity index (χ1n) is 8.30. The van der Waals surface area contributed by atoms with Gasteiger partial charge in [0, 0.05) is 25.6 Å². The van der Waals surface area contributed by atoms with E-state index in [0.29, 0.717) is 6.54 Å². The standard InChI is InChI=1S/C18H31N3O2/c1-17(2,15(22)13-21-12-11-16(19)20(21)5)18(3,4)23-14-9-7-6-8-10-14/h6-10,15-16,22H,11-13,19H2,1-5H3. The molecule has 5 heteroatoms. The van der Waals surface area contributed by atoms with E-state index in [1.54, 1.807) is 0 Å². The lowest BCUT2D eigenvalue weighted by atomic mass is 9.72. The van der Waals surface area contributed by atoms with Crippen LogP contribution in [0.5, 0.6) is 5.75 Å². The molecular formula is C18H31N3O2. The fraction of sp³-hybridized carbons (Fsp3) is 0.667. The van der Waals surface area contributed by atoms with Gasteiger partial charge in [-0.2, -0.15) is 0 Å². The van der Waals surface area contributed by atoms with E-state index >= 15 is 0 Å². The minimum absolute atomic E-state index is 0.0406. The van der Waals surface area contributed by atoms with Crippen molar-refractivity contribution in [3.05, 3.63) is 30.3 Å². The number of aliphatic hydroxyl groups excluding tert-OH is 1. The van der Waals surface area contributed by atoms with Crippen LogP contribution in [0, 0.1) is 5.41 Å². The SMILES string of the molecule is CN1C(N)CCN1CC(O)C(C)(C)C(C)(C)Oc1ccccc1. The number of ether oxygens (including phenoxy) is 1. The molecule has 1 saturated heterocycles. The molecule has 23 heavy (non-hydrogen) atoms. The van der Waals surface area contributed by atoms with E-state index in [2.05, 4.69) is 18.9 Å². The summed E-state index contributed by atoms with van der Waals surface area (Å²) in [6, 6.07) is 9.76. The van der Waals surface area contributed by atoms with Crippen molar-refractivity contribution in [2.24, 2.45) is 11.1 Å². The van der Waals surface area contributed by atoms with Crippen LogP contribution in [0.25, 0.3) is 0 Å². The Bertz CT molecular complexity index is 504. The van der Waals surface area contributed by atoms with Crippen LogP contribution in [0.4, 0.5) is 0 Å². The molecule has 0 spiro atoms. The zero-order valence-electron chi connectivity index (χ0n) is 15.0. The average Bonchev–Trinajstić information content (AvgIpc) is 2.79. The van der Waals surface area contributed by atoms with Gasteiger partial charge < -0.3 is 15.6 Å². The number of hydrazine groups is 1. The van der Waals surface area contributed by atoms with E-state index < -0.39 is 17.1 Å². The third-order valence-corrected chi connectivity index (χ3v) is 5.49. The van der Waals surface area contributed by atoms with Gasteiger partial charge in [0.25, 0.3) is 0 Å². The first-order chi connectivity index (χ1) is 10.6. The van der Waals surface area contributed by atoms with Crippen LogP contribution in [0.15, 0.2) is 30.3 Å². The lowest BCUT2D eigenvalue weighted by Gasteiger charge is -2.46. The summed E-state index contributed by atoms with van der Waals surface area (Å²) in [5, 5.41) is 15.0. The van der Waals surface area contributed by atoms with Gasteiger partial charge in [-0.1, -0.05) is 32.0 Å². The highest BCUT2D eigenvalue weighted by molar-refractivity contribution is 5.22. The maximum Gasteiger partial charge on any atom is 0.120 e. The number of nitrogens with zero attached hydrogens (tertiary/aromatic N) is 2. The topological polar surface area (TPSA) is 62.0 Å². The van der Waals surface area contributed by atoms with Crippen LogP contribution < -0.4 is 10.5 Å². The largest absolute Gasteiger partial charge is 0.487 e. The molecule has 5 nitrogen and oxygen atoms in total. The average molecular weight is 321 g/mol. The number of rotatable bonds is 6. The Labute approximate surface area is 140 Å². The molecule has 0 bridgehead atoms. The Morgan fingerprint density at radius 3 is 2.39 bits per heavy atom. The number of para-hydroxylation sites is 1. The molecule has 1 heterocycles. The molecule has 0 amide bonds. The second-order valence-corrected chi connectivity index (χ2v) is 7.51. The van der Waals surface area contributed by atoms with Crippen molar-refractivity contribution in [1.29, 1.82) is 0 Å². The monoisotopic (exact) mass is 321 g/mol. The predicted molar refractivity (Wildman–Crippen MR) is 92.9 cm³/mol. The Morgan fingerprint density at radius 2 is 1.87 bits per heavy atom. The van der Waals surface area contributed by atoms with Gasteiger partial charge in [0.05, 0.1) is 12.3 Å². The molecule has 0 saturated carbocycles. The summed E-state index contributed by atoms with van der Waals surface area (Å²) in [4.78, 5) is 0. The van der Waals surface area contributed by atoms with Gasteiger partial charge in [0.1, 0.15) is 11.4 Å². The molecule has 3 N–H and O–H groups in total. The minimum Gasteiger partial charge on any atom is -0.487 e. The Morgan fingerprint density at radius 1 is 1.26 bits per heavy atom. The molecule has 1 aromatic rings. The number of hydrogen-bond acceptors (Lipinski definition) is 5. The van der Waals surface area contributed by atoms with Crippen molar-refractivity contribution in [1.82, 2.24) is 10.0 Å². The van der Waals surface area contributed by atoms with Gasteiger partial charge in [-0.05, 0) is 32.4 Å². The van der Waals surface area contributed by atoms with Gasteiger partial charge in [-0.3, -0.25) is 0 Å². The zero-order chi connectivity index (χ0) is 17.3. The van der Waals surface area contributed by atoms with Crippen LogP contribution in [0.1, 0.15) is 34.1 Å². The van der Waals surface area contributed by atoms with Crippen molar-refractivity contribution < 1.29 is 9.84 Å². The van der Waals surface area contributed by atoms with Gasteiger partial charge in [0.15, 0.2) is 0 Å².